The van der Waals surface area contributed by atoms with Crippen LogP contribution in [-0.2, 0) is 17.7 Å². The molecule has 4 nitrogen and oxygen atoms in total. The van der Waals surface area contributed by atoms with Gasteiger partial charge in [-0.3, -0.25) is 0 Å². The number of aryl methyl sites for hydroxylation is 1. The summed E-state index contributed by atoms with van der Waals surface area (Å²) in [5, 5.41) is 10.5. The minimum atomic E-state index is -0.463. The maximum absolute atomic E-state index is 10.5. The van der Waals surface area contributed by atoms with Crippen molar-refractivity contribution in [3.63, 3.8) is 0 Å². The molecular weight excluding hydrogens is 228 g/mol. The first-order chi connectivity index (χ1) is 8.72. The summed E-state index contributed by atoms with van der Waals surface area (Å²) in [6.07, 6.45) is 9.33. The van der Waals surface area contributed by atoms with Crippen LogP contribution in [0.1, 0.15) is 44.9 Å². The van der Waals surface area contributed by atoms with Crippen LogP contribution in [0.15, 0.2) is 12.4 Å². The molecule has 0 bridgehead atoms. The van der Waals surface area contributed by atoms with Crippen molar-refractivity contribution in [2.75, 3.05) is 7.11 Å². The summed E-state index contributed by atoms with van der Waals surface area (Å²) in [6, 6.07) is 0. The maximum Gasteiger partial charge on any atom is 0.111 e. The summed E-state index contributed by atoms with van der Waals surface area (Å²) in [5.41, 5.74) is -0.358. The number of aromatic nitrogens is 2. The predicted molar refractivity (Wildman–Crippen MR) is 70.4 cm³/mol. The van der Waals surface area contributed by atoms with E-state index in [4.69, 9.17) is 4.74 Å². The van der Waals surface area contributed by atoms with Gasteiger partial charge >= 0.3 is 0 Å². The highest BCUT2D eigenvalue weighted by Crippen LogP contribution is 2.35. The topological polar surface area (TPSA) is 47.3 Å². The van der Waals surface area contributed by atoms with Gasteiger partial charge in [-0.2, -0.15) is 0 Å². The number of aliphatic hydroxyl groups is 1. The van der Waals surface area contributed by atoms with Gasteiger partial charge in [-0.15, -0.1) is 0 Å². The molecule has 1 aromatic heterocycles. The van der Waals surface area contributed by atoms with Crippen LogP contribution in [0.5, 0.6) is 0 Å². The fourth-order valence-corrected chi connectivity index (χ4v) is 3.00. The first-order valence-corrected chi connectivity index (χ1v) is 6.95. The zero-order chi connectivity index (χ0) is 13.0. The summed E-state index contributed by atoms with van der Waals surface area (Å²) in [4.78, 5) is 4.33. The number of nitrogens with zero attached hydrogens (tertiary/aromatic N) is 2. The average molecular weight is 252 g/mol. The molecule has 1 atom stereocenters. The van der Waals surface area contributed by atoms with Crippen LogP contribution in [0, 0.1) is 0 Å². The van der Waals surface area contributed by atoms with Crippen molar-refractivity contribution in [2.24, 2.45) is 0 Å². The van der Waals surface area contributed by atoms with Crippen molar-refractivity contribution in [2.45, 2.75) is 63.7 Å². The summed E-state index contributed by atoms with van der Waals surface area (Å²) in [7, 11) is 1.72. The van der Waals surface area contributed by atoms with Gasteiger partial charge < -0.3 is 14.4 Å². The second-order valence-electron chi connectivity index (χ2n) is 5.18. The highest BCUT2D eigenvalue weighted by Gasteiger charge is 2.39. The Morgan fingerprint density at radius 3 is 2.78 bits per heavy atom. The number of imidazole rings is 1. The molecule has 1 fully saturated rings. The number of hydrogen-bond acceptors (Lipinski definition) is 3. The molecule has 0 amide bonds. The summed E-state index contributed by atoms with van der Waals surface area (Å²) >= 11 is 0. The fraction of sp³-hybridized carbons (Fsp3) is 0.786. The lowest BCUT2D eigenvalue weighted by atomic mass is 9.79. The number of rotatable bonds is 5. The van der Waals surface area contributed by atoms with Crippen molar-refractivity contribution in [1.82, 2.24) is 9.55 Å². The molecule has 4 heteroatoms. The Hall–Kier alpha value is -0.870. The standard InChI is InChI=1S/C14H24N2O2/c1-3-16-10-9-15-13(16)11-12(17)14(18-2)7-5-4-6-8-14/h9-10,12,17H,3-8,11H2,1-2H3. The second kappa shape index (κ2) is 5.85. The van der Waals surface area contributed by atoms with E-state index in [0.717, 1.165) is 38.1 Å². The number of hydrogen-bond donors (Lipinski definition) is 1. The molecule has 1 heterocycles. The number of methoxy groups -OCH3 is 1. The molecule has 0 aromatic carbocycles. The molecule has 1 aromatic rings. The summed E-state index contributed by atoms with van der Waals surface area (Å²) in [6.45, 7) is 2.98. The second-order valence-corrected chi connectivity index (χ2v) is 5.18. The van der Waals surface area contributed by atoms with E-state index in [0.29, 0.717) is 6.42 Å². The Kier molecular flexibility index (Phi) is 4.40. The van der Waals surface area contributed by atoms with Crippen LogP contribution in [0.4, 0.5) is 0 Å². The molecule has 0 aliphatic heterocycles. The van der Waals surface area contributed by atoms with Gasteiger partial charge in [0, 0.05) is 32.5 Å². The first kappa shape index (κ1) is 13.6. The van der Waals surface area contributed by atoms with E-state index < -0.39 is 6.10 Å². The Labute approximate surface area is 109 Å². The normalized spacial score (nSPS) is 20.8. The van der Waals surface area contributed by atoms with Gasteiger partial charge in [0.25, 0.3) is 0 Å². The Morgan fingerprint density at radius 2 is 2.17 bits per heavy atom. The smallest absolute Gasteiger partial charge is 0.111 e. The van der Waals surface area contributed by atoms with E-state index in [-0.39, 0.29) is 5.60 Å². The van der Waals surface area contributed by atoms with Gasteiger partial charge in [-0.05, 0) is 19.8 Å². The molecule has 18 heavy (non-hydrogen) atoms. The maximum atomic E-state index is 10.5. The molecule has 0 saturated heterocycles. The van der Waals surface area contributed by atoms with E-state index in [1.807, 2.05) is 6.20 Å². The van der Waals surface area contributed by atoms with Crippen LogP contribution in [0.25, 0.3) is 0 Å². The third-order valence-electron chi connectivity index (χ3n) is 4.23. The van der Waals surface area contributed by atoms with Gasteiger partial charge in [0.1, 0.15) is 5.82 Å². The first-order valence-electron chi connectivity index (χ1n) is 6.95. The lowest BCUT2D eigenvalue weighted by molar-refractivity contribution is -0.122. The van der Waals surface area contributed by atoms with Gasteiger partial charge in [0.15, 0.2) is 0 Å². The monoisotopic (exact) mass is 252 g/mol. The van der Waals surface area contributed by atoms with Crippen molar-refractivity contribution < 1.29 is 9.84 Å². The van der Waals surface area contributed by atoms with Crippen LogP contribution in [0.3, 0.4) is 0 Å². The minimum absolute atomic E-state index is 0.358. The molecule has 1 aliphatic carbocycles. The largest absolute Gasteiger partial charge is 0.390 e. The van der Waals surface area contributed by atoms with Crippen LogP contribution < -0.4 is 0 Å². The lowest BCUT2D eigenvalue weighted by Crippen LogP contribution is -2.47. The average Bonchev–Trinajstić information content (AvgIpc) is 2.86. The minimum Gasteiger partial charge on any atom is -0.390 e. The van der Waals surface area contributed by atoms with Gasteiger partial charge in [-0.1, -0.05) is 19.3 Å². The fourth-order valence-electron chi connectivity index (χ4n) is 3.00. The molecule has 102 valence electrons. The Morgan fingerprint density at radius 1 is 1.44 bits per heavy atom. The number of aliphatic hydroxyl groups excluding tert-OH is 1. The SMILES string of the molecule is CCn1ccnc1CC(O)C1(OC)CCCCC1. The number of ether oxygens (including phenoxy) is 1. The van der Waals surface area contributed by atoms with Crippen LogP contribution >= 0.6 is 0 Å². The van der Waals surface area contributed by atoms with Gasteiger partial charge in [0.05, 0.1) is 11.7 Å². The highest BCUT2D eigenvalue weighted by atomic mass is 16.5. The zero-order valence-electron chi connectivity index (χ0n) is 11.4. The van der Waals surface area contributed by atoms with Crippen LogP contribution in [-0.4, -0.2) is 33.5 Å². The summed E-state index contributed by atoms with van der Waals surface area (Å²) < 4.78 is 7.75. The van der Waals surface area contributed by atoms with E-state index in [1.54, 1.807) is 13.3 Å². The van der Waals surface area contributed by atoms with Crippen LogP contribution in [0.2, 0.25) is 0 Å². The third-order valence-corrected chi connectivity index (χ3v) is 4.23. The quantitative estimate of drug-likeness (QED) is 0.873. The zero-order valence-corrected chi connectivity index (χ0v) is 11.4. The predicted octanol–water partition coefficient (Wildman–Crippen LogP) is 2.16. The Balaban J connectivity index is 2.07. The molecule has 1 saturated carbocycles. The molecule has 1 aliphatic rings. The molecule has 2 rings (SSSR count). The van der Waals surface area contributed by atoms with Crippen molar-refractivity contribution in [1.29, 1.82) is 0 Å². The molecule has 1 N–H and O–H groups in total. The molecular formula is C14H24N2O2. The van der Waals surface area contributed by atoms with E-state index >= 15 is 0 Å². The van der Waals surface area contributed by atoms with E-state index in [9.17, 15) is 5.11 Å². The Bertz CT molecular complexity index is 370. The van der Waals surface area contributed by atoms with E-state index in [1.165, 1.54) is 6.42 Å². The summed E-state index contributed by atoms with van der Waals surface area (Å²) in [5.74, 6) is 0.951. The van der Waals surface area contributed by atoms with E-state index in [2.05, 4.69) is 16.5 Å². The van der Waals surface area contributed by atoms with Crippen molar-refractivity contribution >= 4 is 0 Å². The molecule has 1 unspecified atom stereocenters. The van der Waals surface area contributed by atoms with Crippen molar-refractivity contribution in [3.8, 4) is 0 Å². The van der Waals surface area contributed by atoms with Crippen molar-refractivity contribution in [3.05, 3.63) is 18.2 Å². The molecule has 0 radical (unpaired) electrons. The third kappa shape index (κ3) is 2.59. The molecule has 0 spiro atoms. The highest BCUT2D eigenvalue weighted by molar-refractivity contribution is 5.00. The van der Waals surface area contributed by atoms with Gasteiger partial charge in [-0.25, -0.2) is 4.98 Å². The van der Waals surface area contributed by atoms with Gasteiger partial charge in [0.2, 0.25) is 0 Å². The lowest BCUT2D eigenvalue weighted by Gasteiger charge is -2.39.